The van der Waals surface area contributed by atoms with Gasteiger partial charge in [0.25, 0.3) is 0 Å². The number of carbonyl (C=O) groups is 1. The Labute approximate surface area is 332 Å². The van der Waals surface area contributed by atoms with Crippen molar-refractivity contribution < 1.29 is 64.2 Å². The first-order valence-corrected chi connectivity index (χ1v) is 21.2. The highest BCUT2D eigenvalue weighted by Gasteiger charge is 2.70. The lowest BCUT2D eigenvalue weighted by atomic mass is 9.33. The van der Waals surface area contributed by atoms with E-state index in [1.54, 1.807) is 7.11 Å². The zero-order valence-electron chi connectivity index (χ0n) is 34.7. The summed E-state index contributed by atoms with van der Waals surface area (Å²) in [5, 5.41) is 73.5. The Morgan fingerprint density at radius 1 is 0.732 bits per heavy atom. The van der Waals surface area contributed by atoms with Crippen molar-refractivity contribution >= 4 is 5.97 Å². The van der Waals surface area contributed by atoms with Gasteiger partial charge in [-0.2, -0.15) is 0 Å². The summed E-state index contributed by atoms with van der Waals surface area (Å²) in [6, 6.07) is 0. The maximum atomic E-state index is 13.7. The van der Waals surface area contributed by atoms with E-state index in [0.717, 1.165) is 57.8 Å². The third-order valence-electron chi connectivity index (χ3n) is 17.4. The van der Waals surface area contributed by atoms with Crippen molar-refractivity contribution in [3.8, 4) is 0 Å². The minimum atomic E-state index is -1.74. The Morgan fingerprint density at radius 3 is 2.00 bits per heavy atom. The molecule has 2 heterocycles. The molecule has 13 heteroatoms. The average molecular weight is 795 g/mol. The van der Waals surface area contributed by atoms with E-state index in [2.05, 4.69) is 54.5 Å². The van der Waals surface area contributed by atoms with E-state index in [0.29, 0.717) is 12.3 Å². The predicted molar refractivity (Wildman–Crippen MR) is 202 cm³/mol. The Balaban J connectivity index is 1.15. The third kappa shape index (κ3) is 6.31. The molecule has 0 aromatic heterocycles. The molecule has 7 N–H and O–H groups in total. The summed E-state index contributed by atoms with van der Waals surface area (Å²) in [6.07, 6.45) is -3.59. The summed E-state index contributed by atoms with van der Waals surface area (Å²) in [6.45, 7) is 15.4. The van der Waals surface area contributed by atoms with E-state index in [4.69, 9.17) is 23.7 Å². The molecule has 56 heavy (non-hydrogen) atoms. The molecule has 320 valence electrons. The number of hydrogen-bond acceptors (Lipinski definition) is 13. The number of hydrogen-bond donors (Lipinski definition) is 7. The average Bonchev–Trinajstić information content (AvgIpc) is 3.15. The molecule has 0 spiro atoms. The van der Waals surface area contributed by atoms with E-state index in [-0.39, 0.29) is 51.0 Å². The zero-order valence-corrected chi connectivity index (χ0v) is 34.7. The van der Waals surface area contributed by atoms with Crippen LogP contribution >= 0.6 is 0 Å². The Kier molecular flexibility index (Phi) is 11.3. The highest BCUT2D eigenvalue weighted by atomic mass is 16.8. The quantitative estimate of drug-likeness (QED) is 0.113. The monoisotopic (exact) mass is 794 g/mol. The fourth-order valence-corrected chi connectivity index (χ4v) is 13.8. The molecule has 0 aromatic rings. The van der Waals surface area contributed by atoms with Crippen molar-refractivity contribution in [3.63, 3.8) is 0 Å². The SMILES string of the molecule is COC(=O)[C@]12CCC(C)(C)C[C@H]1C1=CC[C@@H]3[C@@]4(C)CC[C@H](OC5OC(CO)C(O)C(O)C5OC5OC(CO)C(O)C(O)C5O)C(C)(C)[C@@H]4CC[C@@]3(C)[C@]1(C)CC2. The summed E-state index contributed by atoms with van der Waals surface area (Å²) in [4.78, 5) is 13.7. The van der Waals surface area contributed by atoms with E-state index in [9.17, 15) is 40.5 Å². The number of aliphatic hydroxyl groups is 7. The van der Waals surface area contributed by atoms with Gasteiger partial charge in [-0.05, 0) is 109 Å². The molecule has 0 aromatic carbocycles. The molecular weight excluding hydrogens is 724 g/mol. The molecule has 0 bridgehead atoms. The van der Waals surface area contributed by atoms with Gasteiger partial charge in [0.2, 0.25) is 0 Å². The number of esters is 1. The summed E-state index contributed by atoms with van der Waals surface area (Å²) < 4.78 is 30.0. The molecule has 2 aliphatic heterocycles. The van der Waals surface area contributed by atoms with Crippen LogP contribution in [0.4, 0.5) is 0 Å². The molecule has 7 aliphatic rings. The van der Waals surface area contributed by atoms with Crippen LogP contribution in [0.25, 0.3) is 0 Å². The van der Waals surface area contributed by atoms with Crippen LogP contribution in [0.1, 0.15) is 113 Å². The van der Waals surface area contributed by atoms with Gasteiger partial charge in [0.15, 0.2) is 12.6 Å². The lowest BCUT2D eigenvalue weighted by Crippen LogP contribution is -2.67. The third-order valence-corrected chi connectivity index (χ3v) is 17.4. The highest BCUT2D eigenvalue weighted by molar-refractivity contribution is 5.78. The number of fused-ring (bicyclic) bond motifs is 7. The van der Waals surface area contributed by atoms with Crippen LogP contribution < -0.4 is 0 Å². The summed E-state index contributed by atoms with van der Waals surface area (Å²) in [5.41, 5.74) is 0.718. The van der Waals surface area contributed by atoms with E-state index in [1.165, 1.54) is 5.57 Å². The number of rotatable bonds is 7. The van der Waals surface area contributed by atoms with E-state index >= 15 is 0 Å². The molecule has 5 aliphatic carbocycles. The first kappa shape index (κ1) is 42.9. The predicted octanol–water partition coefficient (Wildman–Crippen LogP) is 2.97. The lowest BCUT2D eigenvalue weighted by molar-refractivity contribution is -0.378. The van der Waals surface area contributed by atoms with Gasteiger partial charge in [-0.25, -0.2) is 0 Å². The lowest BCUT2D eigenvalue weighted by Gasteiger charge is -2.71. The topological polar surface area (TPSA) is 205 Å². The second kappa shape index (κ2) is 14.7. The molecule has 18 atom stereocenters. The minimum Gasteiger partial charge on any atom is -0.469 e. The number of aliphatic hydroxyl groups excluding tert-OH is 7. The Bertz CT molecular complexity index is 1500. The molecule has 10 unspecified atom stereocenters. The van der Waals surface area contributed by atoms with Crippen LogP contribution in [0.5, 0.6) is 0 Å². The van der Waals surface area contributed by atoms with Crippen molar-refractivity contribution in [1.29, 1.82) is 0 Å². The van der Waals surface area contributed by atoms with Crippen molar-refractivity contribution in [2.45, 2.75) is 180 Å². The van der Waals surface area contributed by atoms with Crippen LogP contribution in [0.2, 0.25) is 0 Å². The van der Waals surface area contributed by atoms with Gasteiger partial charge in [-0.15, -0.1) is 0 Å². The maximum absolute atomic E-state index is 13.7. The molecule has 0 radical (unpaired) electrons. The minimum absolute atomic E-state index is 0.0153. The maximum Gasteiger partial charge on any atom is 0.312 e. The van der Waals surface area contributed by atoms with Gasteiger partial charge >= 0.3 is 5.97 Å². The van der Waals surface area contributed by atoms with Crippen LogP contribution in [-0.2, 0) is 28.5 Å². The largest absolute Gasteiger partial charge is 0.469 e. The second-order valence-electron chi connectivity index (χ2n) is 20.9. The number of ether oxygens (including phenoxy) is 5. The molecule has 0 amide bonds. The molecule has 6 fully saturated rings. The molecule has 13 nitrogen and oxygen atoms in total. The van der Waals surface area contributed by atoms with Crippen LogP contribution in [0.15, 0.2) is 11.6 Å². The first-order valence-electron chi connectivity index (χ1n) is 21.2. The van der Waals surface area contributed by atoms with Crippen molar-refractivity contribution in [1.82, 2.24) is 0 Å². The van der Waals surface area contributed by atoms with Crippen molar-refractivity contribution in [2.24, 2.45) is 50.2 Å². The van der Waals surface area contributed by atoms with Crippen molar-refractivity contribution in [3.05, 3.63) is 11.6 Å². The first-order chi connectivity index (χ1) is 26.2. The van der Waals surface area contributed by atoms with Gasteiger partial charge in [0, 0.05) is 0 Å². The number of allylic oxidation sites excluding steroid dienone is 2. The standard InChI is InChI=1S/C43H70O13/c1-38(2)15-17-43(37(51)52-8)18-16-41(6)22(23(43)19-38)9-10-27-40(5)13-12-28(39(3,4)26(40)11-14-42(27,41)7)55-36-34(32(49)30(47)25(21-45)54-36)56-35-33(50)31(48)29(46)24(20-44)53-35/h9,23-36,44-50H,10-21H2,1-8H3/t23-,24?,25?,26-,27+,28-,29?,30?,31?,32?,33?,34?,35?,36?,40-,41+,42+,43-/m0/s1. The normalized spacial score (nSPS) is 52.4. The van der Waals surface area contributed by atoms with Gasteiger partial charge in [-0.1, -0.05) is 60.1 Å². The van der Waals surface area contributed by atoms with Gasteiger partial charge in [0.1, 0.15) is 48.8 Å². The fourth-order valence-electron chi connectivity index (χ4n) is 13.8. The molecule has 7 rings (SSSR count). The van der Waals surface area contributed by atoms with Crippen LogP contribution in [-0.4, -0.2) is 130 Å². The smallest absolute Gasteiger partial charge is 0.312 e. The van der Waals surface area contributed by atoms with Gasteiger partial charge in [-0.3, -0.25) is 4.79 Å². The summed E-state index contributed by atoms with van der Waals surface area (Å²) >= 11 is 0. The highest BCUT2D eigenvalue weighted by Crippen LogP contribution is 2.76. The second-order valence-corrected chi connectivity index (χ2v) is 20.9. The molecular formula is C43H70O13. The van der Waals surface area contributed by atoms with Crippen molar-refractivity contribution in [2.75, 3.05) is 20.3 Å². The number of carbonyl (C=O) groups excluding carboxylic acids is 1. The Hall–Kier alpha value is -1.23. The van der Waals surface area contributed by atoms with E-state index < -0.39 is 80.0 Å². The van der Waals surface area contributed by atoms with Gasteiger partial charge < -0.3 is 59.4 Å². The fraction of sp³-hybridized carbons (Fsp3) is 0.930. The van der Waals surface area contributed by atoms with Gasteiger partial charge in [0.05, 0.1) is 31.8 Å². The molecule has 2 saturated heterocycles. The summed E-state index contributed by atoms with van der Waals surface area (Å²) in [7, 11) is 1.54. The summed E-state index contributed by atoms with van der Waals surface area (Å²) in [5.74, 6) is 0.786. The van der Waals surface area contributed by atoms with Crippen LogP contribution in [0.3, 0.4) is 0 Å². The molecule has 4 saturated carbocycles. The zero-order chi connectivity index (χ0) is 41.0. The number of methoxy groups -OCH3 is 1. The van der Waals surface area contributed by atoms with E-state index in [1.807, 2.05) is 0 Å². The van der Waals surface area contributed by atoms with Crippen LogP contribution in [0, 0.1) is 50.2 Å². The Morgan fingerprint density at radius 2 is 1.36 bits per heavy atom.